The average molecular weight is 252 g/mol. The highest BCUT2D eigenvalue weighted by Gasteiger charge is 2.24. The number of carbonyl (C=O) groups is 1. The van der Waals surface area contributed by atoms with Gasteiger partial charge in [0.2, 0.25) is 0 Å². The minimum absolute atomic E-state index is 0.145. The third-order valence-electron chi connectivity index (χ3n) is 2.91. The second-order valence-electron chi connectivity index (χ2n) is 4.18. The highest BCUT2D eigenvalue weighted by Crippen LogP contribution is 2.25. The Hall–Kier alpha value is -1.79. The zero-order valence-electron chi connectivity index (χ0n) is 9.87. The Morgan fingerprint density at radius 2 is 2.22 bits per heavy atom. The third-order valence-corrected chi connectivity index (χ3v) is 2.91. The number of nitrogens with zero attached hydrogens (tertiary/aromatic N) is 1. The van der Waals surface area contributed by atoms with E-state index < -0.39 is 0 Å². The first-order valence-corrected chi connectivity index (χ1v) is 5.74. The Morgan fingerprint density at radius 1 is 1.44 bits per heavy atom. The van der Waals surface area contributed by atoms with Gasteiger partial charge in [-0.25, -0.2) is 0 Å². The van der Waals surface area contributed by atoms with E-state index in [1.807, 2.05) is 0 Å². The van der Waals surface area contributed by atoms with Gasteiger partial charge in [-0.1, -0.05) is 0 Å². The summed E-state index contributed by atoms with van der Waals surface area (Å²) in [6, 6.07) is 4.03. The number of carbonyl (C=O) groups excluding carboxylic acids is 1. The smallest absolute Gasteiger partial charge is 0.254 e. The van der Waals surface area contributed by atoms with Gasteiger partial charge in [-0.05, 0) is 18.2 Å². The lowest BCUT2D eigenvalue weighted by molar-refractivity contribution is -0.0167. The van der Waals surface area contributed by atoms with E-state index in [1.54, 1.807) is 4.90 Å². The fraction of sp³-hybridized carbons (Fsp3) is 0.417. The third kappa shape index (κ3) is 2.55. The van der Waals surface area contributed by atoms with E-state index in [-0.39, 0.29) is 23.5 Å². The van der Waals surface area contributed by atoms with Crippen molar-refractivity contribution in [2.75, 3.05) is 26.2 Å². The molecule has 1 atom stereocenters. The minimum atomic E-state index is -0.301. The van der Waals surface area contributed by atoms with Crippen LogP contribution in [0.4, 0.5) is 0 Å². The normalized spacial score (nSPS) is 19.8. The molecule has 1 aromatic rings. The van der Waals surface area contributed by atoms with Gasteiger partial charge < -0.3 is 25.6 Å². The minimum Gasteiger partial charge on any atom is -0.504 e. The number of hydrogen-bond donors (Lipinski definition) is 3. The monoisotopic (exact) mass is 252 g/mol. The number of benzene rings is 1. The average Bonchev–Trinajstić information content (AvgIpc) is 2.41. The molecule has 0 bridgehead atoms. The van der Waals surface area contributed by atoms with Crippen molar-refractivity contribution in [1.29, 1.82) is 0 Å². The van der Waals surface area contributed by atoms with Gasteiger partial charge in [0.05, 0.1) is 12.7 Å². The molecule has 0 saturated carbocycles. The van der Waals surface area contributed by atoms with Crippen LogP contribution in [0.5, 0.6) is 11.5 Å². The Labute approximate surface area is 105 Å². The van der Waals surface area contributed by atoms with Crippen LogP contribution in [-0.4, -0.2) is 53.4 Å². The van der Waals surface area contributed by atoms with Gasteiger partial charge in [0.25, 0.3) is 5.91 Å². The first-order valence-electron chi connectivity index (χ1n) is 5.74. The van der Waals surface area contributed by atoms with Crippen molar-refractivity contribution in [2.45, 2.75) is 6.10 Å². The van der Waals surface area contributed by atoms with Crippen LogP contribution in [0.1, 0.15) is 10.4 Å². The van der Waals surface area contributed by atoms with Gasteiger partial charge >= 0.3 is 0 Å². The number of phenols is 2. The summed E-state index contributed by atoms with van der Waals surface area (Å²) in [4.78, 5) is 13.8. The number of morpholine rings is 1. The van der Waals surface area contributed by atoms with E-state index in [1.165, 1.54) is 18.2 Å². The highest BCUT2D eigenvalue weighted by molar-refractivity contribution is 5.95. The molecule has 6 heteroatoms. The lowest BCUT2D eigenvalue weighted by atomic mass is 10.1. The zero-order valence-corrected chi connectivity index (χ0v) is 9.87. The number of hydrogen-bond acceptors (Lipinski definition) is 5. The Bertz CT molecular complexity index is 450. The lowest BCUT2D eigenvalue weighted by Gasteiger charge is -2.32. The fourth-order valence-electron chi connectivity index (χ4n) is 1.89. The second kappa shape index (κ2) is 5.24. The molecular formula is C12H16N2O4. The Morgan fingerprint density at radius 3 is 2.89 bits per heavy atom. The number of amides is 1. The number of nitrogens with two attached hydrogens (primary N) is 1. The summed E-state index contributed by atoms with van der Waals surface area (Å²) in [6.45, 7) is 1.76. The molecule has 6 nitrogen and oxygen atoms in total. The number of phenolic OH excluding ortho intramolecular Hbond substituents is 2. The topological polar surface area (TPSA) is 96.0 Å². The maximum Gasteiger partial charge on any atom is 0.254 e. The maximum atomic E-state index is 12.2. The van der Waals surface area contributed by atoms with Crippen LogP contribution in [0.15, 0.2) is 18.2 Å². The largest absolute Gasteiger partial charge is 0.504 e. The van der Waals surface area contributed by atoms with Crippen LogP contribution >= 0.6 is 0 Å². The van der Waals surface area contributed by atoms with Gasteiger partial charge in [0.15, 0.2) is 11.5 Å². The van der Waals surface area contributed by atoms with Gasteiger partial charge in [-0.2, -0.15) is 0 Å². The molecule has 0 radical (unpaired) electrons. The van der Waals surface area contributed by atoms with Crippen LogP contribution in [0, 0.1) is 0 Å². The molecule has 0 aliphatic carbocycles. The Kier molecular flexibility index (Phi) is 3.69. The summed E-state index contributed by atoms with van der Waals surface area (Å²) >= 11 is 0. The van der Waals surface area contributed by atoms with Gasteiger partial charge in [-0.15, -0.1) is 0 Å². The molecule has 18 heavy (non-hydrogen) atoms. The van der Waals surface area contributed by atoms with E-state index in [4.69, 9.17) is 10.5 Å². The summed E-state index contributed by atoms with van der Waals surface area (Å²) in [6.07, 6.45) is -0.145. The molecular weight excluding hydrogens is 236 g/mol. The summed E-state index contributed by atoms with van der Waals surface area (Å²) in [5.74, 6) is -0.745. The predicted molar refractivity (Wildman–Crippen MR) is 64.5 cm³/mol. The fourth-order valence-corrected chi connectivity index (χ4v) is 1.89. The van der Waals surface area contributed by atoms with E-state index in [0.29, 0.717) is 31.8 Å². The zero-order chi connectivity index (χ0) is 13.1. The van der Waals surface area contributed by atoms with Crippen LogP contribution in [0.25, 0.3) is 0 Å². The molecule has 98 valence electrons. The highest BCUT2D eigenvalue weighted by atomic mass is 16.5. The SMILES string of the molecule is NCC1CN(C(=O)c2ccc(O)c(O)c2)CCO1. The lowest BCUT2D eigenvalue weighted by Crippen LogP contribution is -2.48. The quantitative estimate of drug-likeness (QED) is 0.639. The van der Waals surface area contributed by atoms with Crippen LogP contribution in [0.2, 0.25) is 0 Å². The molecule has 1 amide bonds. The van der Waals surface area contributed by atoms with E-state index in [2.05, 4.69) is 0 Å². The van der Waals surface area contributed by atoms with E-state index in [0.717, 1.165) is 0 Å². The summed E-state index contributed by atoms with van der Waals surface area (Å²) in [5.41, 5.74) is 5.85. The van der Waals surface area contributed by atoms with Gasteiger partial charge in [0.1, 0.15) is 0 Å². The molecule has 1 unspecified atom stereocenters. The number of ether oxygens (including phenoxy) is 1. The van der Waals surface area contributed by atoms with Gasteiger partial charge in [-0.3, -0.25) is 4.79 Å². The van der Waals surface area contributed by atoms with Gasteiger partial charge in [0, 0.05) is 25.2 Å². The van der Waals surface area contributed by atoms with Crippen molar-refractivity contribution in [3.63, 3.8) is 0 Å². The van der Waals surface area contributed by atoms with Crippen molar-refractivity contribution >= 4 is 5.91 Å². The van der Waals surface area contributed by atoms with Crippen LogP contribution in [0.3, 0.4) is 0 Å². The molecule has 1 aromatic carbocycles. The first-order chi connectivity index (χ1) is 8.61. The standard InChI is InChI=1S/C12H16N2O4/c13-6-9-7-14(3-4-18-9)12(17)8-1-2-10(15)11(16)5-8/h1-2,5,9,15-16H,3-4,6-7,13H2. The van der Waals surface area contributed by atoms with Crippen molar-refractivity contribution in [2.24, 2.45) is 5.73 Å². The molecule has 1 aliphatic heterocycles. The van der Waals surface area contributed by atoms with Crippen molar-refractivity contribution < 1.29 is 19.7 Å². The number of aromatic hydroxyl groups is 2. The van der Waals surface area contributed by atoms with Crippen LogP contribution < -0.4 is 5.73 Å². The van der Waals surface area contributed by atoms with Crippen LogP contribution in [-0.2, 0) is 4.74 Å². The van der Waals surface area contributed by atoms with Crippen molar-refractivity contribution in [3.05, 3.63) is 23.8 Å². The molecule has 0 aromatic heterocycles. The summed E-state index contributed by atoms with van der Waals surface area (Å²) in [7, 11) is 0. The maximum absolute atomic E-state index is 12.2. The summed E-state index contributed by atoms with van der Waals surface area (Å²) < 4.78 is 5.38. The molecule has 1 aliphatic rings. The predicted octanol–water partition coefficient (Wildman–Crippen LogP) is -0.102. The molecule has 1 saturated heterocycles. The molecule has 4 N–H and O–H groups in total. The molecule has 2 rings (SSSR count). The molecule has 1 fully saturated rings. The van der Waals surface area contributed by atoms with E-state index in [9.17, 15) is 15.0 Å². The first kappa shape index (κ1) is 12.7. The van der Waals surface area contributed by atoms with E-state index >= 15 is 0 Å². The molecule has 0 spiro atoms. The summed E-state index contributed by atoms with van der Waals surface area (Å²) in [5, 5.41) is 18.6. The Balaban J connectivity index is 2.12. The van der Waals surface area contributed by atoms with Crippen molar-refractivity contribution in [3.8, 4) is 11.5 Å². The second-order valence-corrected chi connectivity index (χ2v) is 4.18. The number of rotatable bonds is 2. The molecule has 1 heterocycles. The van der Waals surface area contributed by atoms with Crippen molar-refractivity contribution in [1.82, 2.24) is 4.90 Å².